The summed E-state index contributed by atoms with van der Waals surface area (Å²) in [5.41, 5.74) is 2.79. The van der Waals surface area contributed by atoms with Gasteiger partial charge in [-0.2, -0.15) is 13.2 Å². The maximum Gasteiger partial charge on any atom is 0.491 e. The summed E-state index contributed by atoms with van der Waals surface area (Å²) in [6, 6.07) is 6.90. The van der Waals surface area contributed by atoms with Crippen LogP contribution in [-0.2, 0) is 25.7 Å². The third-order valence-corrected chi connectivity index (χ3v) is 6.35. The van der Waals surface area contributed by atoms with Gasteiger partial charge in [0.1, 0.15) is 17.5 Å². The molecule has 0 radical (unpaired) electrons. The number of nitrogens with one attached hydrogen (secondary N) is 1. The Morgan fingerprint density at radius 1 is 1.17 bits per heavy atom. The number of aryl methyl sites for hydroxylation is 2. The summed E-state index contributed by atoms with van der Waals surface area (Å²) >= 11 is 0. The van der Waals surface area contributed by atoms with Gasteiger partial charge in [0.15, 0.2) is 0 Å². The first-order chi connectivity index (χ1) is 16.9. The first kappa shape index (κ1) is 27.9. The number of aromatic nitrogens is 1. The molecule has 1 heterocycles. The zero-order valence-electron chi connectivity index (χ0n) is 21.0. The molecule has 1 aromatic heterocycles. The van der Waals surface area contributed by atoms with E-state index in [9.17, 15) is 22.8 Å². The molecule has 0 spiro atoms. The Morgan fingerprint density at radius 3 is 2.50 bits per heavy atom. The van der Waals surface area contributed by atoms with Gasteiger partial charge in [0, 0.05) is 5.56 Å². The van der Waals surface area contributed by atoms with Crippen molar-refractivity contribution in [3.63, 3.8) is 0 Å². The summed E-state index contributed by atoms with van der Waals surface area (Å²) in [6.45, 7) is 7.93. The second-order valence-corrected chi connectivity index (χ2v) is 9.69. The van der Waals surface area contributed by atoms with Crippen molar-refractivity contribution in [2.75, 3.05) is 6.54 Å². The first-order valence-corrected chi connectivity index (χ1v) is 12.1. The molecule has 2 unspecified atom stereocenters. The van der Waals surface area contributed by atoms with E-state index in [-0.39, 0.29) is 17.9 Å². The van der Waals surface area contributed by atoms with Crippen molar-refractivity contribution in [2.24, 2.45) is 11.8 Å². The van der Waals surface area contributed by atoms with Crippen molar-refractivity contribution < 1.29 is 36.7 Å². The van der Waals surface area contributed by atoms with Gasteiger partial charge in [-0.15, -0.1) is 0 Å². The highest BCUT2D eigenvalue weighted by molar-refractivity contribution is 5.91. The second kappa shape index (κ2) is 12.0. The van der Waals surface area contributed by atoms with Crippen LogP contribution in [0.4, 0.5) is 13.2 Å². The standard InChI is InChI=1S/C26H33F3N2O5/c1-15(2)22(24(32)36-25(33)26(27,28)29)30-13-18-6-5-7-20(12-18)34-14-21-17(4)35-23(31-21)19-10-8-16(3)9-11-19/h8-11,15,18,20,22,30H,5-7,12-14H2,1-4H3/t18?,20?,22-/m0/s1. The third kappa shape index (κ3) is 7.64. The average Bonchev–Trinajstić information content (AvgIpc) is 3.18. The summed E-state index contributed by atoms with van der Waals surface area (Å²) in [6.07, 6.45) is -1.79. The highest BCUT2D eigenvalue weighted by Crippen LogP contribution is 2.28. The predicted molar refractivity (Wildman–Crippen MR) is 126 cm³/mol. The van der Waals surface area contributed by atoms with Gasteiger partial charge in [0.25, 0.3) is 0 Å². The lowest BCUT2D eigenvalue weighted by molar-refractivity contribution is -0.202. The Kier molecular flexibility index (Phi) is 9.30. The Morgan fingerprint density at radius 2 is 1.86 bits per heavy atom. The van der Waals surface area contributed by atoms with E-state index in [0.29, 0.717) is 24.8 Å². The largest absolute Gasteiger partial charge is 0.491 e. The minimum Gasteiger partial charge on any atom is -0.441 e. The van der Waals surface area contributed by atoms with Crippen LogP contribution in [0.2, 0.25) is 0 Å². The van der Waals surface area contributed by atoms with Crippen LogP contribution in [0.15, 0.2) is 28.7 Å². The van der Waals surface area contributed by atoms with Crippen molar-refractivity contribution >= 4 is 11.9 Å². The van der Waals surface area contributed by atoms with Gasteiger partial charge in [0.2, 0.25) is 5.89 Å². The topological polar surface area (TPSA) is 90.7 Å². The molecule has 0 amide bonds. The van der Waals surface area contributed by atoms with Crippen molar-refractivity contribution in [3.8, 4) is 11.5 Å². The Balaban J connectivity index is 1.51. The Bertz CT molecular complexity index is 1030. The molecule has 10 heteroatoms. The van der Waals surface area contributed by atoms with E-state index < -0.39 is 24.2 Å². The molecule has 1 fully saturated rings. The van der Waals surface area contributed by atoms with Gasteiger partial charge in [-0.05, 0) is 63.6 Å². The molecule has 0 aliphatic heterocycles. The van der Waals surface area contributed by atoms with Crippen LogP contribution >= 0.6 is 0 Å². The number of esters is 2. The lowest BCUT2D eigenvalue weighted by Gasteiger charge is -2.31. The molecule has 1 saturated carbocycles. The molecular formula is C26H33F3N2O5. The minimum atomic E-state index is -5.21. The number of nitrogens with zero attached hydrogens (tertiary/aromatic N) is 1. The zero-order chi connectivity index (χ0) is 26.5. The summed E-state index contributed by atoms with van der Waals surface area (Å²) in [5.74, 6) is -2.66. The highest BCUT2D eigenvalue weighted by Gasteiger charge is 2.43. The molecule has 1 aromatic carbocycles. The van der Waals surface area contributed by atoms with Gasteiger partial charge in [-0.1, -0.05) is 38.0 Å². The second-order valence-electron chi connectivity index (χ2n) is 9.69. The van der Waals surface area contributed by atoms with E-state index >= 15 is 0 Å². The number of oxazole rings is 1. The summed E-state index contributed by atoms with van der Waals surface area (Å²) in [4.78, 5) is 27.8. The fourth-order valence-corrected chi connectivity index (χ4v) is 4.25. The summed E-state index contributed by atoms with van der Waals surface area (Å²) in [7, 11) is 0. The van der Waals surface area contributed by atoms with E-state index in [2.05, 4.69) is 15.0 Å². The van der Waals surface area contributed by atoms with Crippen molar-refractivity contribution in [1.29, 1.82) is 0 Å². The van der Waals surface area contributed by atoms with Crippen LogP contribution in [0.25, 0.3) is 11.5 Å². The molecule has 198 valence electrons. The average molecular weight is 511 g/mol. The number of halogens is 3. The van der Waals surface area contributed by atoms with Gasteiger partial charge in [0.05, 0.1) is 12.7 Å². The summed E-state index contributed by atoms with van der Waals surface area (Å²) < 4.78 is 53.3. The molecule has 0 bridgehead atoms. The van der Waals surface area contributed by atoms with Crippen LogP contribution in [0, 0.1) is 25.7 Å². The molecule has 0 saturated heterocycles. The fourth-order valence-electron chi connectivity index (χ4n) is 4.25. The number of hydrogen-bond donors (Lipinski definition) is 1. The number of carbonyl (C=O) groups excluding carboxylic acids is 2. The minimum absolute atomic E-state index is 0.0132. The molecule has 1 aliphatic rings. The molecular weight excluding hydrogens is 477 g/mol. The first-order valence-electron chi connectivity index (χ1n) is 12.1. The van der Waals surface area contributed by atoms with Gasteiger partial charge in [-0.25, -0.2) is 14.6 Å². The lowest BCUT2D eigenvalue weighted by atomic mass is 9.86. The molecule has 1 N–H and O–H groups in total. The van der Waals surface area contributed by atoms with Gasteiger partial charge >= 0.3 is 18.1 Å². The number of alkyl halides is 3. The van der Waals surface area contributed by atoms with Crippen LogP contribution in [0.3, 0.4) is 0 Å². The third-order valence-electron chi connectivity index (χ3n) is 6.35. The van der Waals surface area contributed by atoms with Crippen molar-refractivity contribution in [2.45, 2.75) is 78.3 Å². The Hall–Kier alpha value is -2.72. The number of benzene rings is 1. The molecule has 1 aliphatic carbocycles. The van der Waals surface area contributed by atoms with E-state index in [1.165, 1.54) is 0 Å². The Labute approximate surface area is 208 Å². The normalized spacial score (nSPS) is 19.3. The molecule has 36 heavy (non-hydrogen) atoms. The zero-order valence-corrected chi connectivity index (χ0v) is 21.0. The van der Waals surface area contributed by atoms with E-state index in [1.54, 1.807) is 13.8 Å². The van der Waals surface area contributed by atoms with E-state index in [1.807, 2.05) is 38.1 Å². The molecule has 3 atom stereocenters. The van der Waals surface area contributed by atoms with Crippen LogP contribution < -0.4 is 5.32 Å². The fraction of sp³-hybridized carbons (Fsp3) is 0.577. The predicted octanol–water partition coefficient (Wildman–Crippen LogP) is 5.28. The maximum atomic E-state index is 12.4. The van der Waals surface area contributed by atoms with Gasteiger partial charge < -0.3 is 19.2 Å². The smallest absolute Gasteiger partial charge is 0.441 e. The van der Waals surface area contributed by atoms with E-state index in [4.69, 9.17) is 9.15 Å². The lowest BCUT2D eigenvalue weighted by Crippen LogP contribution is -2.46. The molecule has 2 aromatic rings. The monoisotopic (exact) mass is 510 g/mol. The quantitative estimate of drug-likeness (QED) is 0.363. The maximum absolute atomic E-state index is 12.4. The van der Waals surface area contributed by atoms with Crippen molar-refractivity contribution in [1.82, 2.24) is 10.3 Å². The molecule has 7 nitrogen and oxygen atoms in total. The van der Waals surface area contributed by atoms with Crippen LogP contribution in [0.5, 0.6) is 0 Å². The van der Waals surface area contributed by atoms with Crippen molar-refractivity contribution in [3.05, 3.63) is 41.3 Å². The highest BCUT2D eigenvalue weighted by atomic mass is 19.4. The molecule has 3 rings (SSSR count). The van der Waals surface area contributed by atoms with Gasteiger partial charge in [-0.3, -0.25) is 0 Å². The SMILES string of the molecule is Cc1ccc(-c2nc(COC3CCCC(CN[C@H](C(=O)OC(=O)C(F)(F)F)C(C)C)C3)c(C)o2)cc1. The number of rotatable bonds is 9. The summed E-state index contributed by atoms with van der Waals surface area (Å²) in [5, 5.41) is 3.00. The van der Waals surface area contributed by atoms with Crippen LogP contribution in [0.1, 0.15) is 56.5 Å². The number of hydrogen-bond acceptors (Lipinski definition) is 7. The van der Waals surface area contributed by atoms with Crippen LogP contribution in [-0.4, -0.2) is 41.8 Å². The number of ether oxygens (including phenoxy) is 2. The van der Waals surface area contributed by atoms with E-state index in [0.717, 1.165) is 42.5 Å². The number of carbonyl (C=O) groups is 2.